The van der Waals surface area contributed by atoms with Crippen LogP contribution >= 0.6 is 0 Å². The van der Waals surface area contributed by atoms with E-state index < -0.39 is 0 Å². The van der Waals surface area contributed by atoms with Crippen LogP contribution in [0.1, 0.15) is 24.1 Å². The smallest absolute Gasteiger partial charge is 0.272 e. The second-order valence-electron chi connectivity index (χ2n) is 4.72. The molecule has 0 bridgehead atoms. The SMILES string of the molecule is CC(NCCc1ccccc1[N+](=O)[O-])c1ccccc1. The molecule has 0 aromatic heterocycles. The molecule has 2 rings (SSSR count). The molecule has 0 spiro atoms. The lowest BCUT2D eigenvalue weighted by Gasteiger charge is -2.14. The Balaban J connectivity index is 1.92. The number of benzene rings is 2. The Bertz CT molecular complexity index is 570. The van der Waals surface area contributed by atoms with E-state index in [1.54, 1.807) is 12.1 Å². The second kappa shape index (κ2) is 6.82. The van der Waals surface area contributed by atoms with Crippen LogP contribution in [0.25, 0.3) is 0 Å². The van der Waals surface area contributed by atoms with Crippen molar-refractivity contribution in [2.24, 2.45) is 0 Å². The second-order valence-corrected chi connectivity index (χ2v) is 4.72. The van der Waals surface area contributed by atoms with Gasteiger partial charge in [0, 0.05) is 17.7 Å². The van der Waals surface area contributed by atoms with Gasteiger partial charge in [-0.25, -0.2) is 0 Å². The van der Waals surface area contributed by atoms with Crippen molar-refractivity contribution in [1.29, 1.82) is 0 Å². The minimum absolute atomic E-state index is 0.196. The topological polar surface area (TPSA) is 55.2 Å². The summed E-state index contributed by atoms with van der Waals surface area (Å²) in [5, 5.41) is 14.3. The van der Waals surface area contributed by atoms with Crippen LogP contribution in [-0.2, 0) is 6.42 Å². The molecule has 1 N–H and O–H groups in total. The van der Waals surface area contributed by atoms with Gasteiger partial charge in [-0.3, -0.25) is 10.1 Å². The molecule has 2 aromatic rings. The molecule has 0 radical (unpaired) electrons. The van der Waals surface area contributed by atoms with Gasteiger partial charge in [-0.15, -0.1) is 0 Å². The average Bonchev–Trinajstić information content (AvgIpc) is 2.48. The molecule has 4 nitrogen and oxygen atoms in total. The first kappa shape index (κ1) is 14.2. The van der Waals surface area contributed by atoms with Gasteiger partial charge in [0.05, 0.1) is 4.92 Å². The highest BCUT2D eigenvalue weighted by molar-refractivity contribution is 5.39. The fraction of sp³-hybridized carbons (Fsp3) is 0.250. The first-order chi connectivity index (χ1) is 9.68. The molecule has 0 aliphatic rings. The van der Waals surface area contributed by atoms with Crippen molar-refractivity contribution in [3.63, 3.8) is 0 Å². The monoisotopic (exact) mass is 270 g/mol. The standard InChI is InChI=1S/C16H18N2O2/c1-13(14-7-3-2-4-8-14)17-12-11-15-9-5-6-10-16(15)18(19)20/h2-10,13,17H,11-12H2,1H3. The summed E-state index contributed by atoms with van der Waals surface area (Å²) in [6.45, 7) is 2.80. The highest BCUT2D eigenvalue weighted by atomic mass is 16.6. The largest absolute Gasteiger partial charge is 0.310 e. The van der Waals surface area contributed by atoms with E-state index in [0.29, 0.717) is 13.0 Å². The number of nitro benzene ring substituents is 1. The minimum Gasteiger partial charge on any atom is -0.310 e. The molecule has 1 unspecified atom stereocenters. The first-order valence-corrected chi connectivity index (χ1v) is 6.69. The van der Waals surface area contributed by atoms with Gasteiger partial charge < -0.3 is 5.32 Å². The van der Waals surface area contributed by atoms with Gasteiger partial charge in [0.15, 0.2) is 0 Å². The highest BCUT2D eigenvalue weighted by Gasteiger charge is 2.12. The first-order valence-electron chi connectivity index (χ1n) is 6.69. The maximum absolute atomic E-state index is 10.9. The Labute approximate surface area is 118 Å². The minimum atomic E-state index is -0.323. The van der Waals surface area contributed by atoms with Gasteiger partial charge in [0.1, 0.15) is 0 Å². The van der Waals surface area contributed by atoms with Gasteiger partial charge in [0.2, 0.25) is 0 Å². The van der Waals surface area contributed by atoms with Crippen LogP contribution in [0.5, 0.6) is 0 Å². The summed E-state index contributed by atoms with van der Waals surface area (Å²) in [4.78, 5) is 10.6. The van der Waals surface area contributed by atoms with Crippen LogP contribution in [0.3, 0.4) is 0 Å². The number of nitrogens with zero attached hydrogens (tertiary/aromatic N) is 1. The number of nitro groups is 1. The van der Waals surface area contributed by atoms with E-state index in [4.69, 9.17) is 0 Å². The Hall–Kier alpha value is -2.20. The van der Waals surface area contributed by atoms with Crippen molar-refractivity contribution < 1.29 is 4.92 Å². The normalized spacial score (nSPS) is 12.1. The lowest BCUT2D eigenvalue weighted by molar-refractivity contribution is -0.385. The molecule has 1 atom stereocenters. The Morgan fingerprint density at radius 1 is 1.10 bits per heavy atom. The van der Waals surface area contributed by atoms with Crippen LogP contribution in [0.4, 0.5) is 5.69 Å². The fourth-order valence-electron chi connectivity index (χ4n) is 2.18. The lowest BCUT2D eigenvalue weighted by atomic mass is 10.1. The summed E-state index contributed by atoms with van der Waals surface area (Å²) in [5.41, 5.74) is 2.18. The van der Waals surface area contributed by atoms with Crippen molar-refractivity contribution in [2.45, 2.75) is 19.4 Å². The van der Waals surface area contributed by atoms with Crippen LogP contribution in [0, 0.1) is 10.1 Å². The van der Waals surface area contributed by atoms with Gasteiger partial charge >= 0.3 is 0 Å². The van der Waals surface area contributed by atoms with E-state index in [0.717, 1.165) is 5.56 Å². The predicted molar refractivity (Wildman–Crippen MR) is 79.7 cm³/mol. The molecular weight excluding hydrogens is 252 g/mol. The third-order valence-electron chi connectivity index (χ3n) is 3.33. The van der Waals surface area contributed by atoms with E-state index in [2.05, 4.69) is 24.4 Å². The fourth-order valence-corrected chi connectivity index (χ4v) is 2.18. The molecule has 0 aliphatic heterocycles. The number of hydrogen-bond donors (Lipinski definition) is 1. The van der Waals surface area contributed by atoms with E-state index in [-0.39, 0.29) is 16.7 Å². The van der Waals surface area contributed by atoms with Crippen LogP contribution in [0.2, 0.25) is 0 Å². The Morgan fingerprint density at radius 3 is 2.45 bits per heavy atom. The van der Waals surface area contributed by atoms with Gasteiger partial charge in [0.25, 0.3) is 5.69 Å². The molecule has 0 aliphatic carbocycles. The van der Waals surface area contributed by atoms with Crippen molar-refractivity contribution >= 4 is 5.69 Å². The van der Waals surface area contributed by atoms with E-state index in [1.807, 2.05) is 30.3 Å². The van der Waals surface area contributed by atoms with Gasteiger partial charge in [-0.1, -0.05) is 48.5 Å². The number of rotatable bonds is 6. The zero-order valence-electron chi connectivity index (χ0n) is 11.5. The Kier molecular flexibility index (Phi) is 4.85. The molecule has 0 fully saturated rings. The maximum Gasteiger partial charge on any atom is 0.272 e. The molecule has 0 saturated carbocycles. The number of hydrogen-bond acceptors (Lipinski definition) is 3. The molecule has 2 aromatic carbocycles. The van der Waals surface area contributed by atoms with E-state index >= 15 is 0 Å². The van der Waals surface area contributed by atoms with Gasteiger partial charge in [-0.05, 0) is 25.5 Å². The average molecular weight is 270 g/mol. The van der Waals surface area contributed by atoms with Crippen molar-refractivity contribution in [2.75, 3.05) is 6.54 Å². The zero-order chi connectivity index (χ0) is 14.4. The van der Waals surface area contributed by atoms with Crippen molar-refractivity contribution in [3.8, 4) is 0 Å². The number of para-hydroxylation sites is 1. The summed E-state index contributed by atoms with van der Waals surface area (Å²) in [7, 11) is 0. The zero-order valence-corrected chi connectivity index (χ0v) is 11.5. The molecule has 0 heterocycles. The lowest BCUT2D eigenvalue weighted by Crippen LogP contribution is -2.21. The van der Waals surface area contributed by atoms with Crippen molar-refractivity contribution in [1.82, 2.24) is 5.32 Å². The van der Waals surface area contributed by atoms with Crippen LogP contribution in [-0.4, -0.2) is 11.5 Å². The van der Waals surface area contributed by atoms with Gasteiger partial charge in [-0.2, -0.15) is 0 Å². The quantitative estimate of drug-likeness (QED) is 0.645. The van der Waals surface area contributed by atoms with E-state index in [1.165, 1.54) is 5.56 Å². The molecular formula is C16H18N2O2. The summed E-state index contributed by atoms with van der Waals surface area (Å²) in [6.07, 6.45) is 0.647. The summed E-state index contributed by atoms with van der Waals surface area (Å²) in [5.74, 6) is 0. The third-order valence-corrected chi connectivity index (χ3v) is 3.33. The number of nitrogens with one attached hydrogen (secondary N) is 1. The molecule has 104 valence electrons. The summed E-state index contributed by atoms with van der Waals surface area (Å²) < 4.78 is 0. The van der Waals surface area contributed by atoms with E-state index in [9.17, 15) is 10.1 Å². The molecule has 4 heteroatoms. The third kappa shape index (κ3) is 3.65. The molecule has 0 saturated heterocycles. The summed E-state index contributed by atoms with van der Waals surface area (Å²) in [6, 6.07) is 17.3. The van der Waals surface area contributed by atoms with Crippen LogP contribution < -0.4 is 5.32 Å². The predicted octanol–water partition coefficient (Wildman–Crippen LogP) is 3.49. The highest BCUT2D eigenvalue weighted by Crippen LogP contribution is 2.18. The maximum atomic E-state index is 10.9. The molecule has 20 heavy (non-hydrogen) atoms. The Morgan fingerprint density at radius 2 is 1.75 bits per heavy atom. The van der Waals surface area contributed by atoms with Crippen LogP contribution in [0.15, 0.2) is 54.6 Å². The molecule has 0 amide bonds. The van der Waals surface area contributed by atoms with Crippen molar-refractivity contribution in [3.05, 3.63) is 75.8 Å². The summed E-state index contributed by atoms with van der Waals surface area (Å²) >= 11 is 0.